The highest BCUT2D eigenvalue weighted by atomic mass is 19.1. The van der Waals surface area contributed by atoms with Crippen LogP contribution in [0.5, 0.6) is 0 Å². The second-order valence-corrected chi connectivity index (χ2v) is 9.78. The largest absolute Gasteiger partial charge is 0.344 e. The number of fused-ring (bicyclic) bond motifs is 5. The molecule has 190 valence electrons. The molecule has 4 heterocycles. The first-order valence-corrected chi connectivity index (χ1v) is 12.4. The summed E-state index contributed by atoms with van der Waals surface area (Å²) in [6.45, 7) is -0.595. The summed E-state index contributed by atoms with van der Waals surface area (Å²) in [5.41, 5.74) is 2.81. The number of hydrogen-bond donors (Lipinski definition) is 0. The Morgan fingerprint density at radius 2 is 1.86 bits per heavy atom. The van der Waals surface area contributed by atoms with E-state index in [1.165, 1.54) is 18.3 Å². The number of carbonyl (C=O) groups is 1. The second kappa shape index (κ2) is 8.90. The molecule has 1 saturated heterocycles. The molecule has 4 aromatic rings. The number of alkyl halides is 1. The molecule has 2 bridgehead atoms. The van der Waals surface area contributed by atoms with Gasteiger partial charge in [-0.3, -0.25) is 14.3 Å². The predicted octanol–water partition coefficient (Wildman–Crippen LogP) is 4.94. The van der Waals surface area contributed by atoms with Crippen molar-refractivity contribution in [1.29, 1.82) is 0 Å². The van der Waals surface area contributed by atoms with Gasteiger partial charge in [-0.2, -0.15) is 5.10 Å². The maximum Gasteiger partial charge on any atom is 0.260 e. The Morgan fingerprint density at radius 1 is 1.11 bits per heavy atom. The maximum atomic E-state index is 14.0. The van der Waals surface area contributed by atoms with Crippen LogP contribution in [0.3, 0.4) is 0 Å². The van der Waals surface area contributed by atoms with Crippen molar-refractivity contribution in [3.63, 3.8) is 0 Å². The van der Waals surface area contributed by atoms with E-state index >= 15 is 0 Å². The molecule has 2 aromatic heterocycles. The fourth-order valence-electron chi connectivity index (χ4n) is 6.11. The maximum absolute atomic E-state index is 14.0. The van der Waals surface area contributed by atoms with E-state index in [-0.39, 0.29) is 29.6 Å². The number of para-hydroxylation sites is 1. The Kier molecular flexibility index (Phi) is 5.66. The lowest BCUT2D eigenvalue weighted by Crippen LogP contribution is -2.50. The minimum absolute atomic E-state index is 0.0101. The monoisotopic (exact) mass is 506 g/mol. The lowest BCUT2D eigenvalue weighted by molar-refractivity contribution is 0.0390. The molecule has 2 aliphatic rings. The van der Waals surface area contributed by atoms with E-state index in [2.05, 4.69) is 0 Å². The lowest BCUT2D eigenvalue weighted by Gasteiger charge is -2.45. The number of hydrogen-bond acceptors (Lipinski definition) is 3. The normalized spacial score (nSPS) is 18.8. The van der Waals surface area contributed by atoms with Gasteiger partial charge in [0.1, 0.15) is 23.9 Å². The molecular formula is C28H25F3N4O2. The van der Waals surface area contributed by atoms with E-state index in [9.17, 15) is 22.8 Å². The van der Waals surface area contributed by atoms with Crippen LogP contribution >= 0.6 is 0 Å². The number of pyridine rings is 1. The van der Waals surface area contributed by atoms with Gasteiger partial charge in [-0.15, -0.1) is 0 Å². The zero-order chi connectivity index (χ0) is 25.8. The van der Waals surface area contributed by atoms with E-state index in [0.29, 0.717) is 40.7 Å². The molecule has 0 saturated carbocycles. The molecule has 9 heteroatoms. The van der Waals surface area contributed by atoms with E-state index < -0.39 is 24.2 Å². The van der Waals surface area contributed by atoms with Crippen molar-refractivity contribution in [2.45, 2.75) is 44.3 Å². The summed E-state index contributed by atoms with van der Waals surface area (Å²) in [6.07, 6.45) is 4.22. The first-order chi connectivity index (χ1) is 17.9. The number of aryl methyl sites for hydroxylation is 2. The third kappa shape index (κ3) is 3.75. The molecule has 2 aliphatic heterocycles. The number of rotatable bonds is 4. The molecule has 0 radical (unpaired) electrons. The number of benzene rings is 2. The first-order valence-electron chi connectivity index (χ1n) is 12.4. The predicted molar refractivity (Wildman–Crippen MR) is 133 cm³/mol. The van der Waals surface area contributed by atoms with Crippen molar-refractivity contribution < 1.29 is 18.0 Å². The van der Waals surface area contributed by atoms with Crippen molar-refractivity contribution in [3.05, 3.63) is 87.3 Å². The van der Waals surface area contributed by atoms with Crippen LogP contribution in [0.25, 0.3) is 22.2 Å². The van der Waals surface area contributed by atoms with E-state index in [0.717, 1.165) is 24.5 Å². The Hall–Kier alpha value is -3.88. The average molecular weight is 507 g/mol. The van der Waals surface area contributed by atoms with Gasteiger partial charge in [0.15, 0.2) is 0 Å². The van der Waals surface area contributed by atoms with Gasteiger partial charge in [0.05, 0.1) is 29.5 Å². The minimum atomic E-state index is -0.668. The molecule has 0 spiro atoms. The van der Waals surface area contributed by atoms with Crippen LogP contribution in [-0.2, 0) is 20.0 Å². The molecule has 37 heavy (non-hydrogen) atoms. The quantitative estimate of drug-likeness (QED) is 0.394. The molecule has 1 amide bonds. The highest BCUT2D eigenvalue weighted by Crippen LogP contribution is 2.45. The second-order valence-electron chi connectivity index (χ2n) is 9.78. The van der Waals surface area contributed by atoms with Crippen LogP contribution < -0.4 is 5.43 Å². The van der Waals surface area contributed by atoms with Crippen molar-refractivity contribution in [2.24, 2.45) is 7.05 Å². The van der Waals surface area contributed by atoms with Gasteiger partial charge in [-0.05, 0) is 49.9 Å². The fourth-order valence-corrected chi connectivity index (χ4v) is 6.11. The van der Waals surface area contributed by atoms with Gasteiger partial charge in [-0.1, -0.05) is 12.1 Å². The molecule has 0 unspecified atom stereocenters. The number of nitrogens with zero attached hydrogens (tertiary/aromatic N) is 4. The standard InChI is InChI=1S/C28H25F3N4O2/c1-33-26(16-11-17(30)13-18(31)12-16)21-14-19-5-4-8-24(25(21)32-33)35(19)28(37)22-15-34(10-9-29)23-7-3-2-6-20(23)27(22)36/h2-3,6-7,11-13,15,19,24H,4-5,8-10,14H2,1H3/t19-,24+/m1/s1. The number of halogens is 3. The summed E-state index contributed by atoms with van der Waals surface area (Å²) in [5.74, 6) is -1.73. The molecule has 1 fully saturated rings. The zero-order valence-electron chi connectivity index (χ0n) is 20.3. The minimum Gasteiger partial charge on any atom is -0.344 e. The fraction of sp³-hybridized carbons (Fsp3) is 0.321. The van der Waals surface area contributed by atoms with Crippen molar-refractivity contribution in [3.8, 4) is 11.3 Å². The Bertz CT molecular complexity index is 1590. The van der Waals surface area contributed by atoms with E-state index in [1.807, 2.05) is 0 Å². The molecule has 2 aromatic carbocycles. The number of carbonyl (C=O) groups excluding carboxylic acids is 1. The summed E-state index contributed by atoms with van der Waals surface area (Å²) in [7, 11) is 1.73. The SMILES string of the molecule is Cn1nc2c(c1-c1cc(F)cc(F)c1)C[C@H]1CCC[C@@H]2N1C(=O)c1cn(CCF)c2ccccc2c1=O. The van der Waals surface area contributed by atoms with Gasteiger partial charge in [0, 0.05) is 41.9 Å². The summed E-state index contributed by atoms with van der Waals surface area (Å²) in [6, 6.07) is 9.75. The van der Waals surface area contributed by atoms with Crippen molar-refractivity contribution in [2.75, 3.05) is 6.67 Å². The third-order valence-electron chi connectivity index (χ3n) is 7.59. The summed E-state index contributed by atoms with van der Waals surface area (Å²) in [5, 5.41) is 5.07. The van der Waals surface area contributed by atoms with Crippen LogP contribution in [0.1, 0.15) is 46.9 Å². The highest BCUT2D eigenvalue weighted by Gasteiger charge is 2.44. The van der Waals surface area contributed by atoms with Gasteiger partial charge in [0.25, 0.3) is 5.91 Å². The van der Waals surface area contributed by atoms with E-state index in [1.54, 1.807) is 45.5 Å². The number of piperidine rings is 1. The summed E-state index contributed by atoms with van der Waals surface area (Å²) in [4.78, 5) is 29.1. The Morgan fingerprint density at radius 3 is 2.62 bits per heavy atom. The highest BCUT2D eigenvalue weighted by molar-refractivity contribution is 5.98. The number of aromatic nitrogens is 3. The number of amides is 1. The van der Waals surface area contributed by atoms with Crippen LogP contribution in [0, 0.1) is 11.6 Å². The molecule has 6 nitrogen and oxygen atoms in total. The Labute approximate surface area is 210 Å². The first kappa shape index (κ1) is 23.5. The average Bonchev–Trinajstić information content (AvgIpc) is 3.20. The third-order valence-corrected chi connectivity index (χ3v) is 7.59. The van der Waals surface area contributed by atoms with Crippen molar-refractivity contribution >= 4 is 16.8 Å². The van der Waals surface area contributed by atoms with E-state index in [4.69, 9.17) is 5.10 Å². The molecule has 0 aliphatic carbocycles. The van der Waals surface area contributed by atoms with Crippen LogP contribution in [0.4, 0.5) is 13.2 Å². The van der Waals surface area contributed by atoms with Gasteiger partial charge < -0.3 is 9.47 Å². The van der Waals surface area contributed by atoms with Gasteiger partial charge in [-0.25, -0.2) is 13.2 Å². The molecule has 6 rings (SSSR count). The zero-order valence-corrected chi connectivity index (χ0v) is 20.3. The van der Waals surface area contributed by atoms with Crippen LogP contribution in [-0.4, -0.2) is 37.9 Å². The molecule has 0 N–H and O–H groups in total. The summed E-state index contributed by atoms with van der Waals surface area (Å²) < 4.78 is 44.6. The van der Waals surface area contributed by atoms with Crippen LogP contribution in [0.15, 0.2) is 53.5 Å². The van der Waals surface area contributed by atoms with Gasteiger partial charge >= 0.3 is 0 Å². The van der Waals surface area contributed by atoms with Gasteiger partial charge in [0.2, 0.25) is 5.43 Å². The molecule has 2 atom stereocenters. The smallest absolute Gasteiger partial charge is 0.260 e. The Balaban J connectivity index is 1.46. The summed E-state index contributed by atoms with van der Waals surface area (Å²) >= 11 is 0. The lowest BCUT2D eigenvalue weighted by atomic mass is 9.81. The topological polar surface area (TPSA) is 60.1 Å². The van der Waals surface area contributed by atoms with Crippen LogP contribution in [0.2, 0.25) is 0 Å². The molecular weight excluding hydrogens is 481 g/mol. The van der Waals surface area contributed by atoms with Crippen molar-refractivity contribution in [1.82, 2.24) is 19.2 Å².